The minimum Gasteiger partial charge on any atom is -0.481 e. The molecule has 0 fully saturated rings. The van der Waals surface area contributed by atoms with Crippen molar-refractivity contribution in [1.82, 2.24) is 0 Å². The predicted molar refractivity (Wildman–Crippen MR) is 105 cm³/mol. The number of hydrogen-bond donors (Lipinski definition) is 1. The van der Waals surface area contributed by atoms with Gasteiger partial charge in [-0.15, -0.1) is 0 Å². The van der Waals surface area contributed by atoms with Gasteiger partial charge < -0.3 is 5.11 Å². The lowest BCUT2D eigenvalue weighted by Gasteiger charge is -1.95. The van der Waals surface area contributed by atoms with Gasteiger partial charge in [-0.3, -0.25) is 4.79 Å². The van der Waals surface area contributed by atoms with Crippen LogP contribution in [0.2, 0.25) is 0 Å². The topological polar surface area (TPSA) is 37.3 Å². The molecule has 0 saturated carbocycles. The summed E-state index contributed by atoms with van der Waals surface area (Å²) >= 11 is 0. The predicted octanol–water partition coefficient (Wildman–Crippen LogP) is 7.00. The highest BCUT2D eigenvalue weighted by molar-refractivity contribution is 5.66. The quantitative estimate of drug-likeness (QED) is 0.188. The van der Waals surface area contributed by atoms with Gasteiger partial charge in [0.15, 0.2) is 0 Å². The van der Waals surface area contributed by atoms with Gasteiger partial charge in [0.25, 0.3) is 0 Å². The molecule has 0 aromatic heterocycles. The molecule has 0 unspecified atom stereocenters. The lowest BCUT2D eigenvalue weighted by molar-refractivity contribution is -0.137. The lowest BCUT2D eigenvalue weighted by Crippen LogP contribution is -1.93. The average Bonchev–Trinajstić information content (AvgIpc) is 2.56. The van der Waals surface area contributed by atoms with E-state index >= 15 is 0 Å². The van der Waals surface area contributed by atoms with E-state index in [2.05, 4.69) is 55.5 Å². The summed E-state index contributed by atoms with van der Waals surface area (Å²) < 4.78 is 0. The molecular weight excluding hydrogens is 296 g/mol. The molecule has 0 aliphatic rings. The van der Waals surface area contributed by atoms with Gasteiger partial charge in [0.2, 0.25) is 0 Å². The van der Waals surface area contributed by atoms with Crippen molar-refractivity contribution >= 4 is 5.97 Å². The second-order valence-electron chi connectivity index (χ2n) is 6.14. The molecule has 0 rings (SSSR count). The normalized spacial score (nSPS) is 12.4. The average molecular weight is 333 g/mol. The van der Waals surface area contributed by atoms with Gasteiger partial charge in [-0.2, -0.15) is 0 Å². The van der Waals surface area contributed by atoms with Crippen molar-refractivity contribution in [2.45, 2.75) is 84.0 Å². The SMILES string of the molecule is CCCCCCCC=CC=CC=CCC=CCCCCCC(=O)O. The summed E-state index contributed by atoms with van der Waals surface area (Å²) in [5.74, 6) is -0.689. The van der Waals surface area contributed by atoms with Crippen molar-refractivity contribution in [2.75, 3.05) is 0 Å². The zero-order valence-electron chi connectivity index (χ0n) is 15.5. The number of carbonyl (C=O) groups is 1. The Morgan fingerprint density at radius 2 is 1.33 bits per heavy atom. The zero-order chi connectivity index (χ0) is 17.7. The van der Waals surface area contributed by atoms with E-state index in [-0.39, 0.29) is 0 Å². The molecule has 24 heavy (non-hydrogen) atoms. The standard InChI is InChI=1S/C22H36O2/c1-2-3-4-5-6-7-8-9-10-11-12-13-14-15-16-17-18-19-20-21-22(23)24/h8-13,15-16H,2-7,14,17-21H2,1H3,(H,23,24). The minimum absolute atomic E-state index is 0.298. The van der Waals surface area contributed by atoms with Gasteiger partial charge in [0, 0.05) is 6.42 Å². The Labute approximate surface area is 149 Å². The molecule has 0 atom stereocenters. The van der Waals surface area contributed by atoms with E-state index < -0.39 is 5.97 Å². The molecule has 0 heterocycles. The van der Waals surface area contributed by atoms with Crippen LogP contribution < -0.4 is 0 Å². The molecule has 0 aromatic rings. The Balaban J connectivity index is 3.41. The summed E-state index contributed by atoms with van der Waals surface area (Å²) in [7, 11) is 0. The van der Waals surface area contributed by atoms with Crippen LogP contribution in [0.15, 0.2) is 48.6 Å². The van der Waals surface area contributed by atoms with Crippen LogP contribution in [0.5, 0.6) is 0 Å². The number of aliphatic carboxylic acids is 1. The first-order valence-electron chi connectivity index (χ1n) is 9.62. The lowest BCUT2D eigenvalue weighted by atomic mass is 10.1. The van der Waals surface area contributed by atoms with Crippen molar-refractivity contribution in [2.24, 2.45) is 0 Å². The smallest absolute Gasteiger partial charge is 0.303 e. The number of carboxylic acids is 1. The highest BCUT2D eigenvalue weighted by atomic mass is 16.4. The number of unbranched alkanes of at least 4 members (excludes halogenated alkanes) is 8. The molecule has 2 nitrogen and oxygen atoms in total. The molecule has 1 N–H and O–H groups in total. The van der Waals surface area contributed by atoms with Gasteiger partial charge in [-0.05, 0) is 38.5 Å². The molecule has 0 bridgehead atoms. The summed E-state index contributed by atoms with van der Waals surface area (Å²) in [6, 6.07) is 0. The second-order valence-corrected chi connectivity index (χ2v) is 6.14. The summed E-state index contributed by atoms with van der Waals surface area (Å²) in [6.45, 7) is 2.25. The van der Waals surface area contributed by atoms with E-state index in [9.17, 15) is 4.79 Å². The van der Waals surface area contributed by atoms with E-state index in [1.54, 1.807) is 0 Å². The van der Waals surface area contributed by atoms with Crippen LogP contribution in [0, 0.1) is 0 Å². The van der Waals surface area contributed by atoms with Gasteiger partial charge in [-0.1, -0.05) is 87.6 Å². The number of allylic oxidation sites excluding steroid dienone is 8. The third kappa shape index (κ3) is 20.4. The first kappa shape index (κ1) is 22.4. The summed E-state index contributed by atoms with van der Waals surface area (Å²) in [5.41, 5.74) is 0. The van der Waals surface area contributed by atoms with Crippen molar-refractivity contribution in [1.29, 1.82) is 0 Å². The molecule has 2 heteroatoms. The summed E-state index contributed by atoms with van der Waals surface area (Å²) in [6.07, 6.45) is 30.2. The van der Waals surface area contributed by atoms with Gasteiger partial charge in [0.05, 0.1) is 0 Å². The monoisotopic (exact) mass is 332 g/mol. The molecular formula is C22H36O2. The first-order chi connectivity index (χ1) is 11.8. The molecule has 0 radical (unpaired) electrons. The van der Waals surface area contributed by atoms with Crippen LogP contribution in [0.3, 0.4) is 0 Å². The maximum atomic E-state index is 10.4. The highest BCUT2D eigenvalue weighted by Gasteiger charge is 1.94. The Morgan fingerprint density at radius 3 is 2.04 bits per heavy atom. The number of hydrogen-bond acceptors (Lipinski definition) is 1. The number of rotatable bonds is 16. The van der Waals surface area contributed by atoms with Crippen LogP contribution >= 0.6 is 0 Å². The first-order valence-corrected chi connectivity index (χ1v) is 9.62. The van der Waals surface area contributed by atoms with E-state index in [1.165, 1.54) is 38.5 Å². The van der Waals surface area contributed by atoms with Crippen molar-refractivity contribution in [3.8, 4) is 0 Å². The van der Waals surface area contributed by atoms with Gasteiger partial charge in [-0.25, -0.2) is 0 Å². The third-order valence-corrected chi connectivity index (χ3v) is 3.78. The fourth-order valence-electron chi connectivity index (χ4n) is 2.33. The fourth-order valence-corrected chi connectivity index (χ4v) is 2.33. The van der Waals surface area contributed by atoms with E-state index in [4.69, 9.17) is 5.11 Å². The van der Waals surface area contributed by atoms with Crippen LogP contribution in [-0.4, -0.2) is 11.1 Å². The molecule has 136 valence electrons. The second kappa shape index (κ2) is 19.5. The van der Waals surface area contributed by atoms with E-state index in [0.717, 1.165) is 32.1 Å². The van der Waals surface area contributed by atoms with Crippen LogP contribution in [0.25, 0.3) is 0 Å². The molecule has 0 amide bonds. The zero-order valence-corrected chi connectivity index (χ0v) is 15.5. The molecule has 0 saturated heterocycles. The Kier molecular flexibility index (Phi) is 18.2. The van der Waals surface area contributed by atoms with Crippen LogP contribution in [-0.2, 0) is 4.79 Å². The van der Waals surface area contributed by atoms with Crippen LogP contribution in [0.4, 0.5) is 0 Å². The highest BCUT2D eigenvalue weighted by Crippen LogP contribution is 2.05. The Hall–Kier alpha value is -1.57. The van der Waals surface area contributed by atoms with E-state index in [0.29, 0.717) is 6.42 Å². The van der Waals surface area contributed by atoms with Crippen molar-refractivity contribution in [3.63, 3.8) is 0 Å². The maximum Gasteiger partial charge on any atom is 0.303 e. The van der Waals surface area contributed by atoms with Crippen molar-refractivity contribution in [3.05, 3.63) is 48.6 Å². The maximum absolute atomic E-state index is 10.4. The minimum atomic E-state index is -0.689. The van der Waals surface area contributed by atoms with E-state index in [1.807, 2.05) is 0 Å². The van der Waals surface area contributed by atoms with Crippen LogP contribution in [0.1, 0.15) is 84.0 Å². The Morgan fingerprint density at radius 1 is 0.708 bits per heavy atom. The molecule has 0 aliphatic carbocycles. The summed E-state index contributed by atoms with van der Waals surface area (Å²) in [4.78, 5) is 10.4. The summed E-state index contributed by atoms with van der Waals surface area (Å²) in [5, 5.41) is 8.53. The molecule has 0 aliphatic heterocycles. The molecule has 0 spiro atoms. The largest absolute Gasteiger partial charge is 0.481 e. The van der Waals surface area contributed by atoms with Gasteiger partial charge in [0.1, 0.15) is 0 Å². The third-order valence-electron chi connectivity index (χ3n) is 3.78. The number of carboxylic acid groups (broad SMARTS) is 1. The van der Waals surface area contributed by atoms with Gasteiger partial charge >= 0.3 is 5.97 Å². The fraction of sp³-hybridized carbons (Fsp3) is 0.591. The van der Waals surface area contributed by atoms with Crippen molar-refractivity contribution < 1.29 is 9.90 Å². The Bertz CT molecular complexity index is 389. The molecule has 0 aromatic carbocycles.